The number of imidazole rings is 1. The molecule has 0 aromatic carbocycles. The average Bonchev–Trinajstić information content (AvgIpc) is 2.64. The van der Waals surface area contributed by atoms with Crippen LogP contribution in [0.4, 0.5) is 0 Å². The number of esters is 1. The molecule has 0 spiro atoms. The lowest BCUT2D eigenvalue weighted by Gasteiger charge is -2.01. The van der Waals surface area contributed by atoms with Crippen molar-refractivity contribution in [2.75, 3.05) is 6.61 Å². The van der Waals surface area contributed by atoms with Gasteiger partial charge in [0.15, 0.2) is 11.3 Å². The molecule has 78 valence electrons. The van der Waals surface area contributed by atoms with Crippen LogP contribution < -0.4 is 0 Å². The Bertz CT molecular complexity index is 510. The number of ether oxygens (including phenoxy) is 1. The fraction of sp³-hybridized carbons (Fsp3) is 0.250. The molecule has 0 atom stereocenters. The van der Waals surface area contributed by atoms with Crippen LogP contribution in [0, 0.1) is 0 Å². The summed E-state index contributed by atoms with van der Waals surface area (Å²) in [5.41, 5.74) is 0.875. The van der Waals surface area contributed by atoms with E-state index < -0.39 is 5.97 Å². The van der Waals surface area contributed by atoms with E-state index in [9.17, 15) is 4.79 Å². The highest BCUT2D eigenvalue weighted by atomic mass is 35.5. The van der Waals surface area contributed by atoms with Crippen molar-refractivity contribution in [3.63, 3.8) is 0 Å². The van der Waals surface area contributed by atoms with E-state index in [0.29, 0.717) is 11.2 Å². The van der Waals surface area contributed by atoms with E-state index in [1.165, 1.54) is 6.33 Å². The first-order valence-electron chi connectivity index (χ1n) is 4.26. The number of hydrogen-bond acceptors (Lipinski definition) is 5. The summed E-state index contributed by atoms with van der Waals surface area (Å²) in [5, 5.41) is -0.0300. The van der Waals surface area contributed by atoms with E-state index in [2.05, 4.69) is 19.9 Å². The first kappa shape index (κ1) is 9.85. The number of nitrogens with one attached hydrogen (secondary N) is 1. The van der Waals surface area contributed by atoms with Crippen molar-refractivity contribution in [3.8, 4) is 0 Å². The molecule has 0 saturated carbocycles. The Morgan fingerprint density at radius 2 is 2.40 bits per heavy atom. The summed E-state index contributed by atoms with van der Waals surface area (Å²) < 4.78 is 4.82. The molecule has 0 aliphatic heterocycles. The zero-order valence-corrected chi connectivity index (χ0v) is 8.58. The summed E-state index contributed by atoms with van der Waals surface area (Å²) >= 11 is 5.64. The van der Waals surface area contributed by atoms with Crippen LogP contribution >= 0.6 is 11.6 Å². The number of carbonyl (C=O) groups excluding carboxylic acids is 1. The zero-order chi connectivity index (χ0) is 10.8. The third kappa shape index (κ3) is 1.75. The third-order valence-corrected chi connectivity index (χ3v) is 1.90. The molecule has 0 saturated heterocycles. The van der Waals surface area contributed by atoms with Crippen LogP contribution in [0.1, 0.15) is 17.4 Å². The van der Waals surface area contributed by atoms with E-state index in [1.54, 1.807) is 6.92 Å². The van der Waals surface area contributed by atoms with Crippen LogP contribution in [0.15, 0.2) is 6.33 Å². The number of aromatic nitrogens is 4. The van der Waals surface area contributed by atoms with Crippen LogP contribution in [0.5, 0.6) is 0 Å². The smallest absolute Gasteiger partial charge is 0.359 e. The first-order valence-corrected chi connectivity index (χ1v) is 4.64. The lowest BCUT2D eigenvalue weighted by Crippen LogP contribution is -2.08. The van der Waals surface area contributed by atoms with Gasteiger partial charge in [-0.05, 0) is 18.5 Å². The Labute approximate surface area is 89.7 Å². The van der Waals surface area contributed by atoms with Crippen molar-refractivity contribution < 1.29 is 9.53 Å². The summed E-state index contributed by atoms with van der Waals surface area (Å²) in [4.78, 5) is 25.8. The quantitative estimate of drug-likeness (QED) is 0.614. The van der Waals surface area contributed by atoms with Crippen molar-refractivity contribution in [3.05, 3.63) is 17.3 Å². The predicted molar refractivity (Wildman–Crippen MR) is 52.7 cm³/mol. The first-order chi connectivity index (χ1) is 7.22. The minimum atomic E-state index is -0.545. The van der Waals surface area contributed by atoms with Crippen LogP contribution in [0.3, 0.4) is 0 Å². The number of nitrogens with zero attached hydrogens (tertiary/aromatic N) is 3. The molecule has 0 fully saturated rings. The molecule has 6 nitrogen and oxygen atoms in total. The second-order valence-corrected chi connectivity index (χ2v) is 3.00. The second-order valence-electron chi connectivity index (χ2n) is 2.66. The lowest BCUT2D eigenvalue weighted by atomic mass is 10.3. The molecule has 2 heterocycles. The fourth-order valence-electron chi connectivity index (χ4n) is 1.15. The van der Waals surface area contributed by atoms with Gasteiger partial charge in [-0.3, -0.25) is 0 Å². The monoisotopic (exact) mass is 226 g/mol. The minimum absolute atomic E-state index is 0.0300. The summed E-state index contributed by atoms with van der Waals surface area (Å²) in [6.45, 7) is 1.99. The predicted octanol–water partition coefficient (Wildman–Crippen LogP) is 1.18. The molecule has 0 unspecified atom stereocenters. The van der Waals surface area contributed by atoms with Gasteiger partial charge >= 0.3 is 5.97 Å². The minimum Gasteiger partial charge on any atom is -0.461 e. The number of rotatable bonds is 2. The maximum absolute atomic E-state index is 11.5. The van der Waals surface area contributed by atoms with Crippen molar-refractivity contribution in [2.24, 2.45) is 0 Å². The molecule has 0 aliphatic rings. The lowest BCUT2D eigenvalue weighted by molar-refractivity contribution is 0.0521. The van der Waals surface area contributed by atoms with E-state index in [1.807, 2.05) is 0 Å². The molecule has 0 bridgehead atoms. The Kier molecular flexibility index (Phi) is 2.51. The van der Waals surface area contributed by atoms with Gasteiger partial charge in [0.25, 0.3) is 0 Å². The number of H-pyrrole nitrogens is 1. The fourth-order valence-corrected chi connectivity index (χ4v) is 1.32. The van der Waals surface area contributed by atoms with Gasteiger partial charge in [0.05, 0.1) is 12.9 Å². The van der Waals surface area contributed by atoms with Crippen molar-refractivity contribution in [1.29, 1.82) is 0 Å². The van der Waals surface area contributed by atoms with E-state index in [-0.39, 0.29) is 17.6 Å². The number of aromatic amines is 1. The van der Waals surface area contributed by atoms with Crippen LogP contribution in [-0.4, -0.2) is 32.5 Å². The number of hydrogen-bond donors (Lipinski definition) is 1. The van der Waals surface area contributed by atoms with Gasteiger partial charge in [-0.2, -0.15) is 4.98 Å². The molecule has 1 N–H and O–H groups in total. The Morgan fingerprint density at radius 1 is 1.60 bits per heavy atom. The topological polar surface area (TPSA) is 80.8 Å². The molecular formula is C8H7ClN4O2. The van der Waals surface area contributed by atoms with E-state index >= 15 is 0 Å². The zero-order valence-electron chi connectivity index (χ0n) is 7.82. The van der Waals surface area contributed by atoms with Crippen LogP contribution in [-0.2, 0) is 4.74 Å². The summed E-state index contributed by atoms with van der Waals surface area (Å²) in [6, 6.07) is 0. The van der Waals surface area contributed by atoms with Crippen LogP contribution in [0.25, 0.3) is 11.2 Å². The van der Waals surface area contributed by atoms with Gasteiger partial charge in [-0.15, -0.1) is 0 Å². The SMILES string of the molecule is CCOC(=O)c1nc(Cl)nc2nc[nH]c12. The normalized spacial score (nSPS) is 10.5. The Morgan fingerprint density at radius 3 is 3.13 bits per heavy atom. The molecule has 0 radical (unpaired) electrons. The number of carbonyl (C=O) groups is 1. The molecule has 0 amide bonds. The van der Waals surface area contributed by atoms with Gasteiger partial charge in [0.1, 0.15) is 5.52 Å². The highest BCUT2D eigenvalue weighted by Crippen LogP contribution is 2.14. The maximum Gasteiger partial charge on any atom is 0.359 e. The highest BCUT2D eigenvalue weighted by Gasteiger charge is 2.16. The summed E-state index contributed by atoms with van der Waals surface area (Å²) in [7, 11) is 0. The van der Waals surface area contributed by atoms with Crippen molar-refractivity contribution >= 4 is 28.7 Å². The van der Waals surface area contributed by atoms with Gasteiger partial charge < -0.3 is 9.72 Å². The Balaban J connectivity index is 2.57. The van der Waals surface area contributed by atoms with Gasteiger partial charge in [0.2, 0.25) is 5.28 Å². The number of halogens is 1. The van der Waals surface area contributed by atoms with Gasteiger partial charge in [0, 0.05) is 0 Å². The molecule has 2 aromatic heterocycles. The second kappa shape index (κ2) is 3.82. The standard InChI is InChI=1S/C8H7ClN4O2/c1-2-15-7(14)5-4-6(11-3-10-4)13-8(9)12-5/h3H,2H2,1H3,(H,10,11,12,13). The van der Waals surface area contributed by atoms with E-state index in [0.717, 1.165) is 0 Å². The molecule has 7 heteroatoms. The third-order valence-electron chi connectivity index (χ3n) is 1.73. The molecular weight excluding hydrogens is 220 g/mol. The summed E-state index contributed by atoms with van der Waals surface area (Å²) in [5.74, 6) is -0.545. The van der Waals surface area contributed by atoms with Crippen molar-refractivity contribution in [1.82, 2.24) is 19.9 Å². The molecule has 0 aliphatic carbocycles. The maximum atomic E-state index is 11.5. The molecule has 15 heavy (non-hydrogen) atoms. The summed E-state index contributed by atoms with van der Waals surface area (Å²) in [6.07, 6.45) is 1.42. The molecule has 2 aromatic rings. The highest BCUT2D eigenvalue weighted by molar-refractivity contribution is 6.28. The van der Waals surface area contributed by atoms with Crippen LogP contribution in [0.2, 0.25) is 5.28 Å². The van der Waals surface area contributed by atoms with E-state index in [4.69, 9.17) is 16.3 Å². The Hall–Kier alpha value is -1.69. The van der Waals surface area contributed by atoms with Crippen molar-refractivity contribution in [2.45, 2.75) is 6.92 Å². The van der Waals surface area contributed by atoms with Gasteiger partial charge in [-0.1, -0.05) is 0 Å². The molecule has 2 rings (SSSR count). The van der Waals surface area contributed by atoms with Gasteiger partial charge in [-0.25, -0.2) is 14.8 Å². The number of fused-ring (bicyclic) bond motifs is 1. The average molecular weight is 227 g/mol. The largest absolute Gasteiger partial charge is 0.461 e.